The van der Waals surface area contributed by atoms with E-state index in [1.165, 1.54) is 31.4 Å². The number of carbonyl (C=O) groups excluding carboxylic acids is 1. The third-order valence-electron chi connectivity index (χ3n) is 4.50. The second-order valence-corrected chi connectivity index (χ2v) is 8.26. The summed E-state index contributed by atoms with van der Waals surface area (Å²) in [5, 5.41) is 0. The van der Waals surface area contributed by atoms with Crippen LogP contribution in [0.15, 0.2) is 60.7 Å². The van der Waals surface area contributed by atoms with E-state index in [0.29, 0.717) is 16.9 Å². The van der Waals surface area contributed by atoms with E-state index < -0.39 is 7.82 Å². The van der Waals surface area contributed by atoms with Gasteiger partial charge in [-0.3, -0.25) is 9.69 Å². The van der Waals surface area contributed by atoms with Gasteiger partial charge in [0.05, 0.1) is 7.11 Å². The summed E-state index contributed by atoms with van der Waals surface area (Å²) in [4.78, 5) is 23.1. The number of phosphoric acid groups is 1. The largest absolute Gasteiger partial charge is 0.584 e. The van der Waals surface area contributed by atoms with Gasteiger partial charge >= 0.3 is 7.82 Å². The number of ketones is 1. The van der Waals surface area contributed by atoms with Crippen molar-refractivity contribution < 1.29 is 28.0 Å². The average Bonchev–Trinajstić information content (AvgIpc) is 2.67. The first kappa shape index (κ1) is 21.6. The van der Waals surface area contributed by atoms with Crippen molar-refractivity contribution >= 4 is 13.6 Å². The van der Waals surface area contributed by atoms with Crippen LogP contribution < -0.4 is 13.8 Å². The fourth-order valence-electron chi connectivity index (χ4n) is 3.30. The van der Waals surface area contributed by atoms with Gasteiger partial charge in [-0.2, -0.15) is 0 Å². The van der Waals surface area contributed by atoms with Crippen LogP contribution in [0, 0.1) is 20.8 Å². The molecular formula is C23H23O6P. The van der Waals surface area contributed by atoms with E-state index in [-0.39, 0.29) is 17.3 Å². The Morgan fingerprint density at radius 3 is 2.00 bits per heavy atom. The minimum atomic E-state index is -4.46. The van der Waals surface area contributed by atoms with Gasteiger partial charge in [-0.1, -0.05) is 29.8 Å². The fraction of sp³-hybridized carbons (Fsp3) is 0.174. The summed E-state index contributed by atoms with van der Waals surface area (Å²) >= 11 is 0. The summed E-state index contributed by atoms with van der Waals surface area (Å²) in [5.41, 5.74) is 3.79. The summed E-state index contributed by atoms with van der Waals surface area (Å²) < 4.78 is 27.7. The molecule has 156 valence electrons. The second-order valence-electron chi connectivity index (χ2n) is 6.96. The highest BCUT2D eigenvalue weighted by Gasteiger charge is 2.26. The zero-order valence-electron chi connectivity index (χ0n) is 17.2. The number of phosphoric ester groups is 1. The average molecular weight is 426 g/mol. The third kappa shape index (κ3) is 5.09. The molecule has 0 aliphatic heterocycles. The lowest BCUT2D eigenvalue weighted by atomic mass is 9.93. The highest BCUT2D eigenvalue weighted by atomic mass is 31.2. The van der Waals surface area contributed by atoms with Crippen LogP contribution in [0.25, 0.3) is 0 Å². The van der Waals surface area contributed by atoms with E-state index in [1.54, 1.807) is 24.3 Å². The van der Waals surface area contributed by atoms with E-state index in [1.807, 2.05) is 32.9 Å². The zero-order valence-corrected chi connectivity index (χ0v) is 18.1. The molecule has 3 aromatic rings. The molecule has 3 aromatic carbocycles. The molecular weight excluding hydrogens is 403 g/mol. The SMILES string of the molecule is COc1ccc(OP(=O)(O)Oc2cccc(C(=O)c3c(C)cc(C)cc3C)c2)cc1. The molecule has 0 saturated heterocycles. The van der Waals surface area contributed by atoms with Crippen LogP contribution in [0.4, 0.5) is 0 Å². The van der Waals surface area contributed by atoms with Crippen molar-refractivity contribution in [1.29, 1.82) is 0 Å². The standard InChI is InChI=1S/C23H23O6P/c1-15-12-16(2)22(17(3)13-15)23(24)18-6-5-7-21(14-18)29-30(25,26)28-20-10-8-19(27-4)9-11-20/h5-14H,1-4H3,(H,25,26). The summed E-state index contributed by atoms with van der Waals surface area (Å²) in [6.07, 6.45) is 0. The number of benzene rings is 3. The van der Waals surface area contributed by atoms with Crippen LogP contribution >= 0.6 is 7.82 Å². The van der Waals surface area contributed by atoms with Crippen molar-refractivity contribution in [2.75, 3.05) is 7.11 Å². The van der Waals surface area contributed by atoms with Gasteiger partial charge in [0.25, 0.3) is 0 Å². The van der Waals surface area contributed by atoms with Crippen LogP contribution in [0.1, 0.15) is 32.6 Å². The third-order valence-corrected chi connectivity index (χ3v) is 5.38. The molecule has 0 saturated carbocycles. The smallest absolute Gasteiger partial charge is 0.497 e. The number of hydrogen-bond acceptors (Lipinski definition) is 5. The van der Waals surface area contributed by atoms with Crippen LogP contribution in [-0.4, -0.2) is 17.8 Å². The molecule has 0 bridgehead atoms. The van der Waals surface area contributed by atoms with Gasteiger partial charge in [0.1, 0.15) is 17.2 Å². The zero-order chi connectivity index (χ0) is 21.9. The molecule has 6 nitrogen and oxygen atoms in total. The quantitative estimate of drug-likeness (QED) is 0.402. The normalized spacial score (nSPS) is 12.7. The van der Waals surface area contributed by atoms with Crippen LogP contribution in [-0.2, 0) is 4.57 Å². The Labute approximate surface area is 175 Å². The summed E-state index contributed by atoms with van der Waals surface area (Å²) in [6, 6.07) is 16.2. The second kappa shape index (κ2) is 8.74. The molecule has 0 radical (unpaired) electrons. The van der Waals surface area contributed by atoms with Gasteiger partial charge in [-0.15, -0.1) is 0 Å². The van der Waals surface area contributed by atoms with Crippen molar-refractivity contribution in [3.8, 4) is 17.2 Å². The molecule has 0 aromatic heterocycles. The van der Waals surface area contributed by atoms with Gasteiger partial charge in [0, 0.05) is 11.1 Å². The molecule has 0 fully saturated rings. The molecule has 0 aliphatic rings. The molecule has 1 unspecified atom stereocenters. The lowest BCUT2D eigenvalue weighted by Gasteiger charge is -2.15. The lowest BCUT2D eigenvalue weighted by Crippen LogP contribution is -2.07. The summed E-state index contributed by atoms with van der Waals surface area (Å²) in [6.45, 7) is 5.75. The van der Waals surface area contributed by atoms with Gasteiger partial charge in [0.15, 0.2) is 5.78 Å². The number of methoxy groups -OCH3 is 1. The van der Waals surface area contributed by atoms with Gasteiger partial charge in [-0.25, -0.2) is 4.57 Å². The van der Waals surface area contributed by atoms with Crippen LogP contribution in [0.5, 0.6) is 17.2 Å². The van der Waals surface area contributed by atoms with E-state index in [0.717, 1.165) is 16.7 Å². The van der Waals surface area contributed by atoms with Crippen LogP contribution in [0.2, 0.25) is 0 Å². The van der Waals surface area contributed by atoms with E-state index in [4.69, 9.17) is 13.8 Å². The molecule has 7 heteroatoms. The van der Waals surface area contributed by atoms with Gasteiger partial charge in [0.2, 0.25) is 0 Å². The Morgan fingerprint density at radius 1 is 0.833 bits per heavy atom. The maximum Gasteiger partial charge on any atom is 0.584 e. The predicted octanol–water partition coefficient (Wildman–Crippen LogP) is 5.41. The van der Waals surface area contributed by atoms with Crippen molar-refractivity contribution in [2.45, 2.75) is 20.8 Å². The van der Waals surface area contributed by atoms with Gasteiger partial charge < -0.3 is 13.8 Å². The monoisotopic (exact) mass is 426 g/mol. The molecule has 0 spiro atoms. The fourth-order valence-corrected chi connectivity index (χ4v) is 4.10. The Hall–Kier alpha value is -3.08. The lowest BCUT2D eigenvalue weighted by molar-refractivity contribution is 0.103. The molecule has 30 heavy (non-hydrogen) atoms. The van der Waals surface area contributed by atoms with Crippen LogP contribution in [0.3, 0.4) is 0 Å². The molecule has 0 heterocycles. The minimum absolute atomic E-state index is 0.0580. The number of aryl methyl sites for hydroxylation is 3. The maximum absolute atomic E-state index is 13.0. The molecule has 3 rings (SSSR count). The highest BCUT2D eigenvalue weighted by molar-refractivity contribution is 7.48. The number of ether oxygens (including phenoxy) is 1. The summed E-state index contributed by atoms with van der Waals surface area (Å²) in [7, 11) is -2.94. The van der Waals surface area contributed by atoms with E-state index >= 15 is 0 Å². The highest BCUT2D eigenvalue weighted by Crippen LogP contribution is 2.44. The van der Waals surface area contributed by atoms with Crippen molar-refractivity contribution in [2.24, 2.45) is 0 Å². The molecule has 1 atom stereocenters. The Kier molecular flexibility index (Phi) is 6.30. The van der Waals surface area contributed by atoms with Gasteiger partial charge in [-0.05, 0) is 68.3 Å². The number of rotatable bonds is 7. The molecule has 0 aliphatic carbocycles. The first-order valence-electron chi connectivity index (χ1n) is 9.27. The topological polar surface area (TPSA) is 82.1 Å². The molecule has 1 N–H and O–H groups in total. The Balaban J connectivity index is 1.81. The Morgan fingerprint density at radius 2 is 1.40 bits per heavy atom. The van der Waals surface area contributed by atoms with Crippen molar-refractivity contribution in [3.05, 3.63) is 88.5 Å². The first-order valence-corrected chi connectivity index (χ1v) is 10.8. The molecule has 0 amide bonds. The van der Waals surface area contributed by atoms with E-state index in [9.17, 15) is 14.3 Å². The maximum atomic E-state index is 13.0. The number of carbonyl (C=O) groups is 1. The summed E-state index contributed by atoms with van der Waals surface area (Å²) in [5.74, 6) is 0.616. The first-order chi connectivity index (χ1) is 14.2. The Bertz CT molecular complexity index is 1100. The predicted molar refractivity (Wildman–Crippen MR) is 115 cm³/mol. The van der Waals surface area contributed by atoms with Crippen molar-refractivity contribution in [1.82, 2.24) is 0 Å². The van der Waals surface area contributed by atoms with Crippen molar-refractivity contribution in [3.63, 3.8) is 0 Å². The number of hydrogen-bond donors (Lipinski definition) is 1. The minimum Gasteiger partial charge on any atom is -0.497 e. The van der Waals surface area contributed by atoms with E-state index in [2.05, 4.69) is 0 Å².